The number of aromatic nitrogens is 3. The van der Waals surface area contributed by atoms with Crippen LogP contribution in [0.5, 0.6) is 11.5 Å². The second kappa shape index (κ2) is 10.8. The summed E-state index contributed by atoms with van der Waals surface area (Å²) in [4.78, 5) is 6.43. The fraction of sp³-hybridized carbons (Fsp3) is 0.350. The van der Waals surface area contributed by atoms with Crippen molar-refractivity contribution in [3.63, 3.8) is 0 Å². The largest absolute Gasteiger partial charge is 0.497 e. The van der Waals surface area contributed by atoms with Crippen LogP contribution in [0.4, 0.5) is 0 Å². The number of aliphatic imine (C=N–C) groups is 1. The Morgan fingerprint density at radius 1 is 1.17 bits per heavy atom. The molecule has 2 aromatic heterocycles. The number of halogens is 1. The van der Waals surface area contributed by atoms with E-state index in [9.17, 15) is 0 Å². The number of nitrogens with zero attached hydrogens (tertiary/aromatic N) is 5. The van der Waals surface area contributed by atoms with Gasteiger partial charge in [-0.3, -0.25) is 9.39 Å². The van der Waals surface area contributed by atoms with Crippen molar-refractivity contribution < 1.29 is 9.47 Å². The van der Waals surface area contributed by atoms with E-state index in [1.54, 1.807) is 21.3 Å². The van der Waals surface area contributed by atoms with Gasteiger partial charge in [0, 0.05) is 51.4 Å². The molecular formula is C20H27IN6O2. The normalized spacial score (nSPS) is 11.1. The van der Waals surface area contributed by atoms with Crippen LogP contribution in [-0.4, -0.2) is 60.3 Å². The van der Waals surface area contributed by atoms with E-state index in [4.69, 9.17) is 9.47 Å². The van der Waals surface area contributed by atoms with Crippen molar-refractivity contribution in [1.29, 1.82) is 0 Å². The van der Waals surface area contributed by atoms with Crippen LogP contribution in [0.1, 0.15) is 11.4 Å². The van der Waals surface area contributed by atoms with E-state index in [-0.39, 0.29) is 24.0 Å². The molecule has 156 valence electrons. The Labute approximate surface area is 188 Å². The van der Waals surface area contributed by atoms with Gasteiger partial charge in [-0.25, -0.2) is 0 Å². The Morgan fingerprint density at radius 3 is 2.72 bits per heavy atom. The number of ether oxygens (including phenoxy) is 2. The van der Waals surface area contributed by atoms with Gasteiger partial charge in [-0.15, -0.1) is 34.2 Å². The lowest BCUT2D eigenvalue weighted by molar-refractivity contribution is 0.382. The summed E-state index contributed by atoms with van der Waals surface area (Å²) in [6.45, 7) is 1.35. The monoisotopic (exact) mass is 510 g/mol. The van der Waals surface area contributed by atoms with Gasteiger partial charge < -0.3 is 19.7 Å². The molecule has 0 saturated carbocycles. The van der Waals surface area contributed by atoms with Crippen LogP contribution in [0.15, 0.2) is 47.6 Å². The Kier molecular flexibility index (Phi) is 8.50. The van der Waals surface area contributed by atoms with Crippen LogP contribution in [0.2, 0.25) is 0 Å². The number of hydrogen-bond donors (Lipinski definition) is 1. The molecule has 0 unspecified atom stereocenters. The highest BCUT2D eigenvalue weighted by atomic mass is 127. The predicted molar refractivity (Wildman–Crippen MR) is 124 cm³/mol. The standard InChI is InChI=1S/C20H26N6O2.HI/c1-21-20(22-11-10-19-24-23-18-7-5-6-12-26(18)19)25(2)14-15-8-9-16(27-3)13-17(15)28-4;/h5-9,12-13H,10-11,14H2,1-4H3,(H,21,22);1H. The van der Waals surface area contributed by atoms with Crippen molar-refractivity contribution >= 4 is 35.6 Å². The topological polar surface area (TPSA) is 76.3 Å². The second-order valence-corrected chi connectivity index (χ2v) is 6.30. The first-order valence-electron chi connectivity index (χ1n) is 9.07. The lowest BCUT2D eigenvalue weighted by atomic mass is 10.2. The lowest BCUT2D eigenvalue weighted by Crippen LogP contribution is -2.39. The quantitative estimate of drug-likeness (QED) is 0.299. The number of benzene rings is 1. The van der Waals surface area contributed by atoms with Crippen molar-refractivity contribution in [3.8, 4) is 11.5 Å². The van der Waals surface area contributed by atoms with E-state index in [1.165, 1.54) is 0 Å². The van der Waals surface area contributed by atoms with Gasteiger partial charge in [-0.1, -0.05) is 6.07 Å². The summed E-state index contributed by atoms with van der Waals surface area (Å²) in [6, 6.07) is 11.7. The van der Waals surface area contributed by atoms with Gasteiger partial charge in [0.1, 0.15) is 17.3 Å². The van der Waals surface area contributed by atoms with E-state index in [1.807, 2.05) is 58.9 Å². The fourth-order valence-corrected chi connectivity index (χ4v) is 3.05. The number of fused-ring (bicyclic) bond motifs is 1. The van der Waals surface area contributed by atoms with Gasteiger partial charge in [0.15, 0.2) is 11.6 Å². The summed E-state index contributed by atoms with van der Waals surface area (Å²) in [5.41, 5.74) is 1.91. The van der Waals surface area contributed by atoms with E-state index < -0.39 is 0 Å². The number of pyridine rings is 1. The Hall–Kier alpha value is -2.56. The predicted octanol–water partition coefficient (Wildman–Crippen LogP) is 2.61. The average molecular weight is 510 g/mol. The zero-order valence-corrected chi connectivity index (χ0v) is 19.5. The molecule has 0 fully saturated rings. The molecule has 29 heavy (non-hydrogen) atoms. The highest BCUT2D eigenvalue weighted by Crippen LogP contribution is 2.25. The molecule has 0 amide bonds. The van der Waals surface area contributed by atoms with Crippen molar-refractivity contribution in [3.05, 3.63) is 54.0 Å². The molecule has 2 heterocycles. The smallest absolute Gasteiger partial charge is 0.193 e. The number of nitrogens with one attached hydrogen (secondary N) is 1. The van der Waals surface area contributed by atoms with Crippen LogP contribution in [-0.2, 0) is 13.0 Å². The van der Waals surface area contributed by atoms with Crippen LogP contribution >= 0.6 is 24.0 Å². The first kappa shape index (κ1) is 22.7. The maximum absolute atomic E-state index is 5.49. The first-order chi connectivity index (χ1) is 13.7. The molecule has 9 heteroatoms. The van der Waals surface area contributed by atoms with Crippen LogP contribution in [0.3, 0.4) is 0 Å². The fourth-order valence-electron chi connectivity index (χ4n) is 3.05. The van der Waals surface area contributed by atoms with E-state index in [2.05, 4.69) is 20.5 Å². The third-order valence-corrected chi connectivity index (χ3v) is 4.49. The number of rotatable bonds is 7. The van der Waals surface area contributed by atoms with Crippen molar-refractivity contribution in [1.82, 2.24) is 24.8 Å². The van der Waals surface area contributed by atoms with E-state index in [0.29, 0.717) is 13.1 Å². The van der Waals surface area contributed by atoms with Gasteiger partial charge in [-0.2, -0.15) is 0 Å². The third-order valence-electron chi connectivity index (χ3n) is 4.49. The molecule has 0 aliphatic heterocycles. The average Bonchev–Trinajstić information content (AvgIpc) is 3.14. The number of methoxy groups -OCH3 is 2. The van der Waals surface area contributed by atoms with E-state index >= 15 is 0 Å². The van der Waals surface area contributed by atoms with Crippen molar-refractivity contribution in [2.45, 2.75) is 13.0 Å². The highest BCUT2D eigenvalue weighted by molar-refractivity contribution is 14.0. The molecule has 0 saturated heterocycles. The SMILES string of the molecule is CN=C(NCCc1nnc2ccccn12)N(C)Cc1ccc(OC)cc1OC.I. The van der Waals surface area contributed by atoms with Crippen LogP contribution < -0.4 is 14.8 Å². The third kappa shape index (κ3) is 5.49. The van der Waals surface area contributed by atoms with Gasteiger partial charge in [0.25, 0.3) is 0 Å². The molecule has 3 rings (SSSR count). The van der Waals surface area contributed by atoms with Gasteiger partial charge in [-0.05, 0) is 24.3 Å². The molecule has 8 nitrogen and oxygen atoms in total. The summed E-state index contributed by atoms with van der Waals surface area (Å²) in [5.74, 6) is 3.27. The lowest BCUT2D eigenvalue weighted by Gasteiger charge is -2.23. The number of hydrogen-bond acceptors (Lipinski definition) is 5. The minimum atomic E-state index is 0. The molecule has 0 radical (unpaired) electrons. The Bertz CT molecular complexity index is 959. The number of guanidine groups is 1. The molecule has 0 atom stereocenters. The van der Waals surface area contributed by atoms with Crippen molar-refractivity contribution in [2.75, 3.05) is 34.9 Å². The molecule has 1 N–H and O–H groups in total. The molecule has 0 spiro atoms. The highest BCUT2D eigenvalue weighted by Gasteiger charge is 2.12. The second-order valence-electron chi connectivity index (χ2n) is 6.30. The Balaban J connectivity index is 0.00000300. The molecule has 3 aromatic rings. The summed E-state index contributed by atoms with van der Waals surface area (Å²) in [5, 5.41) is 11.8. The summed E-state index contributed by atoms with van der Waals surface area (Å²) < 4.78 is 12.7. The first-order valence-corrected chi connectivity index (χ1v) is 9.07. The molecule has 0 bridgehead atoms. The van der Waals surface area contributed by atoms with E-state index in [0.717, 1.165) is 40.9 Å². The summed E-state index contributed by atoms with van der Waals surface area (Å²) >= 11 is 0. The van der Waals surface area contributed by atoms with Gasteiger partial charge in [0.2, 0.25) is 0 Å². The molecular weight excluding hydrogens is 483 g/mol. The molecule has 0 aliphatic rings. The zero-order valence-electron chi connectivity index (χ0n) is 17.1. The summed E-state index contributed by atoms with van der Waals surface area (Å²) in [7, 11) is 7.07. The maximum atomic E-state index is 5.49. The van der Waals surface area contributed by atoms with Crippen molar-refractivity contribution in [2.24, 2.45) is 4.99 Å². The summed E-state index contributed by atoms with van der Waals surface area (Å²) in [6.07, 6.45) is 2.71. The van der Waals surface area contributed by atoms with Crippen LogP contribution in [0.25, 0.3) is 5.65 Å². The van der Waals surface area contributed by atoms with Gasteiger partial charge >= 0.3 is 0 Å². The molecule has 0 aliphatic carbocycles. The van der Waals surface area contributed by atoms with Gasteiger partial charge in [0.05, 0.1) is 14.2 Å². The minimum absolute atomic E-state index is 0. The minimum Gasteiger partial charge on any atom is -0.497 e. The zero-order chi connectivity index (χ0) is 19.9. The maximum Gasteiger partial charge on any atom is 0.193 e. The Morgan fingerprint density at radius 2 is 2.00 bits per heavy atom. The van der Waals surface area contributed by atoms with Crippen LogP contribution in [0, 0.1) is 0 Å². The molecule has 1 aromatic carbocycles.